The first-order chi connectivity index (χ1) is 14.9. The van der Waals surface area contributed by atoms with E-state index in [1.54, 1.807) is 24.5 Å². The van der Waals surface area contributed by atoms with Crippen molar-refractivity contribution in [2.75, 3.05) is 13.1 Å². The second-order valence-corrected chi connectivity index (χ2v) is 7.58. The zero-order valence-electron chi connectivity index (χ0n) is 16.7. The molecule has 0 radical (unpaired) electrons. The lowest BCUT2D eigenvalue weighted by molar-refractivity contribution is -0.137. The number of piperidine rings is 1. The van der Waals surface area contributed by atoms with Gasteiger partial charge in [-0.2, -0.15) is 13.2 Å². The van der Waals surface area contributed by atoms with E-state index in [0.717, 1.165) is 30.7 Å². The number of benzene rings is 1. The maximum atomic E-state index is 13.1. The number of alkyl halides is 3. The largest absolute Gasteiger partial charge is 0.416 e. The van der Waals surface area contributed by atoms with E-state index in [-0.39, 0.29) is 18.2 Å². The highest BCUT2D eigenvalue weighted by Gasteiger charge is 2.31. The molecule has 8 heteroatoms. The summed E-state index contributed by atoms with van der Waals surface area (Å²) in [6, 6.07) is 10.6. The number of aromatic nitrogens is 3. The van der Waals surface area contributed by atoms with Crippen molar-refractivity contribution in [3.63, 3.8) is 0 Å². The van der Waals surface area contributed by atoms with Gasteiger partial charge < -0.3 is 4.90 Å². The fourth-order valence-electron chi connectivity index (χ4n) is 3.79. The quantitative estimate of drug-likeness (QED) is 0.616. The van der Waals surface area contributed by atoms with Crippen molar-refractivity contribution in [3.8, 4) is 11.3 Å². The van der Waals surface area contributed by atoms with Crippen LogP contribution in [0.4, 0.5) is 13.2 Å². The Bertz CT molecular complexity index is 1060. The first kappa shape index (κ1) is 21.0. The van der Waals surface area contributed by atoms with Crippen molar-refractivity contribution in [1.82, 2.24) is 19.9 Å². The molecule has 1 aromatic carbocycles. The van der Waals surface area contributed by atoms with Crippen molar-refractivity contribution >= 4 is 5.91 Å². The average molecular weight is 426 g/mol. The summed E-state index contributed by atoms with van der Waals surface area (Å²) < 4.78 is 39.2. The van der Waals surface area contributed by atoms with Gasteiger partial charge in [-0.15, -0.1) is 0 Å². The highest BCUT2D eigenvalue weighted by atomic mass is 19.4. The third-order valence-electron chi connectivity index (χ3n) is 5.39. The molecule has 1 aliphatic heterocycles. The van der Waals surface area contributed by atoms with Crippen molar-refractivity contribution < 1.29 is 18.0 Å². The van der Waals surface area contributed by atoms with Crippen LogP contribution < -0.4 is 0 Å². The second kappa shape index (κ2) is 8.83. The van der Waals surface area contributed by atoms with Crippen LogP contribution in [0.3, 0.4) is 0 Å². The van der Waals surface area contributed by atoms with E-state index in [2.05, 4.69) is 15.0 Å². The first-order valence-electron chi connectivity index (χ1n) is 10.1. The van der Waals surface area contributed by atoms with Gasteiger partial charge in [0.1, 0.15) is 0 Å². The van der Waals surface area contributed by atoms with Crippen LogP contribution in [0.5, 0.6) is 0 Å². The van der Waals surface area contributed by atoms with Crippen LogP contribution in [-0.4, -0.2) is 38.8 Å². The lowest BCUT2D eigenvalue weighted by Crippen LogP contribution is -2.40. The molecule has 1 aliphatic rings. The molecule has 1 saturated heterocycles. The van der Waals surface area contributed by atoms with E-state index in [9.17, 15) is 18.0 Å². The molecule has 3 heterocycles. The fourth-order valence-corrected chi connectivity index (χ4v) is 3.79. The number of hydrogen-bond acceptors (Lipinski definition) is 4. The molecule has 0 spiro atoms. The van der Waals surface area contributed by atoms with Crippen LogP contribution in [0.2, 0.25) is 0 Å². The van der Waals surface area contributed by atoms with Crippen molar-refractivity contribution in [3.05, 3.63) is 78.0 Å². The molecule has 1 unspecified atom stereocenters. The molecule has 4 rings (SSSR count). The van der Waals surface area contributed by atoms with Gasteiger partial charge in [-0.25, -0.2) is 4.98 Å². The summed E-state index contributed by atoms with van der Waals surface area (Å²) in [6.45, 7) is 1.18. The molecule has 0 aliphatic carbocycles. The molecule has 160 valence electrons. The highest BCUT2D eigenvalue weighted by molar-refractivity contribution is 5.78. The van der Waals surface area contributed by atoms with E-state index in [0.29, 0.717) is 30.0 Å². The second-order valence-electron chi connectivity index (χ2n) is 7.58. The average Bonchev–Trinajstić information content (AvgIpc) is 2.79. The van der Waals surface area contributed by atoms with Crippen molar-refractivity contribution in [1.29, 1.82) is 0 Å². The van der Waals surface area contributed by atoms with Crippen LogP contribution in [0.15, 0.2) is 61.1 Å². The Hall–Kier alpha value is -3.29. The van der Waals surface area contributed by atoms with Gasteiger partial charge in [-0.05, 0) is 37.1 Å². The molecule has 1 fully saturated rings. The first-order valence-corrected chi connectivity index (χ1v) is 10.1. The van der Waals surface area contributed by atoms with Crippen LogP contribution in [-0.2, 0) is 17.4 Å². The number of amides is 1. The molecule has 31 heavy (non-hydrogen) atoms. The van der Waals surface area contributed by atoms with Gasteiger partial charge in [0.25, 0.3) is 0 Å². The minimum atomic E-state index is -4.42. The lowest BCUT2D eigenvalue weighted by atomic mass is 9.94. The monoisotopic (exact) mass is 426 g/mol. The third-order valence-corrected chi connectivity index (χ3v) is 5.39. The molecule has 5 nitrogen and oxygen atoms in total. The molecule has 2 aromatic heterocycles. The zero-order chi connectivity index (χ0) is 21.8. The van der Waals surface area contributed by atoms with Crippen LogP contribution in [0.1, 0.15) is 35.7 Å². The number of halogens is 3. The zero-order valence-corrected chi connectivity index (χ0v) is 16.7. The van der Waals surface area contributed by atoms with Crippen molar-refractivity contribution in [2.24, 2.45) is 0 Å². The van der Waals surface area contributed by atoms with Gasteiger partial charge >= 0.3 is 6.18 Å². The Balaban J connectivity index is 1.50. The summed E-state index contributed by atoms with van der Waals surface area (Å²) in [5, 5.41) is 0. The maximum absolute atomic E-state index is 13.1. The standard InChI is InChI=1S/C23H21F3N4O/c24-23(25,26)18-7-3-5-16(11-18)20-13-27-14-21(29-20)17-6-4-10-30(15-17)22(31)12-19-8-1-2-9-28-19/h1-3,5,7-9,11,13-14,17H,4,6,10,12,15H2. The number of rotatable bonds is 4. The molecule has 0 N–H and O–H groups in total. The van der Waals surface area contributed by atoms with Crippen molar-refractivity contribution in [2.45, 2.75) is 31.4 Å². The van der Waals surface area contributed by atoms with E-state index >= 15 is 0 Å². The van der Waals surface area contributed by atoms with Gasteiger partial charge in [-0.3, -0.25) is 14.8 Å². The summed E-state index contributed by atoms with van der Waals surface area (Å²) in [4.78, 5) is 27.5. The minimum Gasteiger partial charge on any atom is -0.342 e. The SMILES string of the molecule is O=C(Cc1ccccn1)N1CCCC(c2cncc(-c3cccc(C(F)(F)F)c3)n2)C1. The molecule has 1 amide bonds. The Kier molecular flexibility index (Phi) is 5.97. The number of carbonyl (C=O) groups is 1. The van der Waals surface area contributed by atoms with Gasteiger partial charge in [-0.1, -0.05) is 18.2 Å². The molecule has 0 saturated carbocycles. The minimum absolute atomic E-state index is 0.00499. The molecular weight excluding hydrogens is 405 g/mol. The molecular formula is C23H21F3N4O. The van der Waals surface area contributed by atoms with Gasteiger partial charge in [0.2, 0.25) is 5.91 Å². The molecule has 0 bridgehead atoms. The van der Waals surface area contributed by atoms with E-state index in [1.165, 1.54) is 12.3 Å². The summed E-state index contributed by atoms with van der Waals surface area (Å²) >= 11 is 0. The smallest absolute Gasteiger partial charge is 0.342 e. The fraction of sp³-hybridized carbons (Fsp3) is 0.304. The Morgan fingerprint density at radius 2 is 2.00 bits per heavy atom. The van der Waals surface area contributed by atoms with E-state index in [1.807, 2.05) is 17.0 Å². The normalized spacial score (nSPS) is 16.9. The van der Waals surface area contributed by atoms with Gasteiger partial charge in [0.15, 0.2) is 0 Å². The summed E-state index contributed by atoms with van der Waals surface area (Å²) in [5.41, 5.74) is 1.44. The highest BCUT2D eigenvalue weighted by Crippen LogP contribution is 2.32. The summed E-state index contributed by atoms with van der Waals surface area (Å²) in [5.74, 6) is -0.00919. The Morgan fingerprint density at radius 1 is 1.13 bits per heavy atom. The lowest BCUT2D eigenvalue weighted by Gasteiger charge is -2.32. The van der Waals surface area contributed by atoms with Crippen LogP contribution in [0.25, 0.3) is 11.3 Å². The number of hydrogen-bond donors (Lipinski definition) is 0. The number of likely N-dealkylation sites (tertiary alicyclic amines) is 1. The third kappa shape index (κ3) is 5.07. The van der Waals surface area contributed by atoms with E-state index in [4.69, 9.17) is 0 Å². The maximum Gasteiger partial charge on any atom is 0.416 e. The van der Waals surface area contributed by atoms with E-state index < -0.39 is 11.7 Å². The molecule has 1 atom stereocenters. The Morgan fingerprint density at radius 3 is 2.77 bits per heavy atom. The number of pyridine rings is 1. The van der Waals surface area contributed by atoms with Crippen LogP contribution >= 0.6 is 0 Å². The number of carbonyl (C=O) groups excluding carboxylic acids is 1. The topological polar surface area (TPSA) is 59.0 Å². The van der Waals surface area contributed by atoms with Gasteiger partial charge in [0.05, 0.1) is 29.6 Å². The van der Waals surface area contributed by atoms with Gasteiger partial charge in [0, 0.05) is 42.7 Å². The predicted octanol–water partition coefficient (Wildman–Crippen LogP) is 4.51. The predicted molar refractivity (Wildman–Crippen MR) is 109 cm³/mol. The Labute approximate surface area is 178 Å². The summed E-state index contributed by atoms with van der Waals surface area (Å²) in [7, 11) is 0. The van der Waals surface area contributed by atoms with Crippen LogP contribution in [0, 0.1) is 0 Å². The summed E-state index contributed by atoms with van der Waals surface area (Å²) in [6.07, 6.45) is 2.25. The molecule has 3 aromatic rings. The number of nitrogens with zero attached hydrogens (tertiary/aromatic N) is 4.